The van der Waals surface area contributed by atoms with Crippen molar-refractivity contribution in [1.82, 2.24) is 29.5 Å². The summed E-state index contributed by atoms with van der Waals surface area (Å²) in [5.74, 6) is -4.01. The van der Waals surface area contributed by atoms with Crippen molar-refractivity contribution in [1.29, 1.82) is 0 Å². The summed E-state index contributed by atoms with van der Waals surface area (Å²) in [6.07, 6.45) is 0.564. The van der Waals surface area contributed by atoms with E-state index in [9.17, 15) is 55.8 Å². The van der Waals surface area contributed by atoms with E-state index in [1.807, 2.05) is 20.8 Å². The fraction of sp³-hybridized carbons (Fsp3) is 0.400. The topological polar surface area (TPSA) is 281 Å². The van der Waals surface area contributed by atoms with Crippen LogP contribution in [0.1, 0.15) is 48.9 Å². The molecule has 0 aromatic heterocycles. The Bertz CT molecular complexity index is 2830. The van der Waals surface area contributed by atoms with Crippen LogP contribution in [-0.2, 0) is 61.7 Å². The molecule has 4 atom stereocenters. The van der Waals surface area contributed by atoms with E-state index >= 15 is 0 Å². The number of anilines is 2. The number of carboxylic acid groups (broad SMARTS) is 2. The molecule has 2 aliphatic heterocycles. The second-order valence-electron chi connectivity index (χ2n) is 18.7. The van der Waals surface area contributed by atoms with Crippen LogP contribution in [0, 0.1) is 13.8 Å². The van der Waals surface area contributed by atoms with Crippen molar-refractivity contribution >= 4 is 78.8 Å². The lowest BCUT2D eigenvalue weighted by Crippen LogP contribution is -2.55. The third-order valence-electron chi connectivity index (χ3n) is 11.6. The van der Waals surface area contributed by atoms with E-state index < -0.39 is 72.8 Å². The summed E-state index contributed by atoms with van der Waals surface area (Å²) in [4.78, 5) is 76.4. The molecule has 20 nitrogen and oxygen atoms in total. The third kappa shape index (κ3) is 15.9. The Morgan fingerprint density at radius 2 is 1.27 bits per heavy atom. The number of benzene rings is 4. The molecule has 2 saturated heterocycles. The maximum atomic E-state index is 13.7. The number of hydrogen-bond donors (Lipinski definition) is 7. The van der Waals surface area contributed by atoms with Crippen LogP contribution in [0.4, 0.5) is 11.4 Å². The lowest BCUT2D eigenvalue weighted by molar-refractivity contribution is -0.146. The van der Waals surface area contributed by atoms with Gasteiger partial charge >= 0.3 is 11.9 Å². The molecule has 0 unspecified atom stereocenters. The number of carbonyl (C=O) groups is 6. The average Bonchev–Trinajstić information content (AvgIpc) is 3.97. The maximum absolute atomic E-state index is 13.7. The molecule has 4 aromatic carbocycles. The highest BCUT2D eigenvalue weighted by molar-refractivity contribution is 8.01. The van der Waals surface area contributed by atoms with Crippen LogP contribution in [-0.4, -0.2) is 152 Å². The molecule has 0 bridgehead atoms. The second kappa shape index (κ2) is 25.1. The zero-order chi connectivity index (χ0) is 53.8. The number of rotatable bonds is 20. The minimum atomic E-state index is -4.50. The zero-order valence-corrected chi connectivity index (χ0v) is 44.2. The van der Waals surface area contributed by atoms with Gasteiger partial charge in [0.25, 0.3) is 15.9 Å². The fourth-order valence-corrected chi connectivity index (χ4v) is 12.5. The van der Waals surface area contributed by atoms with Crippen molar-refractivity contribution in [2.24, 2.45) is 0 Å². The minimum absolute atomic E-state index is 0.00439. The number of amides is 4. The maximum Gasteiger partial charge on any atom is 0.328 e. The van der Waals surface area contributed by atoms with Crippen molar-refractivity contribution in [2.45, 2.75) is 92.2 Å². The van der Waals surface area contributed by atoms with Crippen molar-refractivity contribution < 1.29 is 55.8 Å². The highest BCUT2D eigenvalue weighted by atomic mass is 32.2. The first-order valence-corrected chi connectivity index (χ1v) is 27.2. The van der Waals surface area contributed by atoms with Crippen LogP contribution in [0.5, 0.6) is 0 Å². The number of nitrogens with zero attached hydrogens (tertiary/aromatic N) is 3. The SMILES string of the molecule is CNCC(=O)Nc1ccc(C[C@@H](C(=O)O)N(C(=O)[C@H]2NC(C)(C)CS2)S(=O)(=O)c2ccc(C)cc2)cc1.Cc1ccc(S(=O)(=O)N2CCC[C@H]2C(=O)N[C@@H](Cc2ccc(NC(=O)CN(C)C)cc2)C(=O)O)cc1. The largest absolute Gasteiger partial charge is 0.480 e. The number of nitrogens with one attached hydrogen (secondary N) is 5. The molecule has 2 fully saturated rings. The molecule has 2 heterocycles. The Balaban J connectivity index is 0.000000271. The average molecular weight is 1070 g/mol. The molecular formula is C50H64N8O12S3. The molecule has 4 aromatic rings. The Morgan fingerprint density at radius 1 is 0.753 bits per heavy atom. The zero-order valence-electron chi connectivity index (χ0n) is 41.7. The summed E-state index contributed by atoms with van der Waals surface area (Å²) in [6, 6.07) is 21.5. The molecule has 7 N–H and O–H groups in total. The van der Waals surface area contributed by atoms with E-state index in [0.29, 0.717) is 45.4 Å². The molecule has 2 aliphatic rings. The minimum Gasteiger partial charge on any atom is -0.480 e. The lowest BCUT2D eigenvalue weighted by Gasteiger charge is -2.31. The van der Waals surface area contributed by atoms with Crippen molar-refractivity contribution in [3.63, 3.8) is 0 Å². The van der Waals surface area contributed by atoms with Gasteiger partial charge in [-0.1, -0.05) is 59.7 Å². The van der Waals surface area contributed by atoms with Gasteiger partial charge in [-0.15, -0.1) is 11.8 Å². The quantitative estimate of drug-likeness (QED) is 0.0669. The number of carboxylic acids is 2. The fourth-order valence-electron chi connectivity index (χ4n) is 7.88. The Labute approximate surface area is 430 Å². The van der Waals surface area contributed by atoms with E-state index in [2.05, 4.69) is 26.6 Å². The standard InChI is InChI=1S/C25H32N4O6S2.C25H32N4O6S/c1-16-5-11-19(12-6-16)37(34,35)29(23(31)22-28-25(2,3)15-36-22)20(24(32)33)13-17-7-9-18(10-8-17)27-21(30)14-26-4;1-17-6-12-20(13-7-17)36(34,35)29-14-4-5-22(29)24(31)27-21(25(32)33)15-18-8-10-19(11-9-18)26-23(30)16-28(2)3/h5-12,20,22,26,28H,13-15H2,1-4H3,(H,27,30)(H,32,33);6-13,21-22H,4-5,14-16H2,1-3H3,(H,26,30)(H,27,31)(H,32,33)/t20-,22-;21-,22-/m00/s1. The van der Waals surface area contributed by atoms with Crippen LogP contribution in [0.3, 0.4) is 0 Å². The molecule has 6 rings (SSSR count). The number of likely N-dealkylation sites (N-methyl/N-ethyl adjacent to an activating group) is 2. The van der Waals surface area contributed by atoms with Crippen LogP contribution < -0.4 is 26.6 Å². The van der Waals surface area contributed by atoms with Gasteiger partial charge in [0.1, 0.15) is 23.5 Å². The van der Waals surface area contributed by atoms with E-state index in [-0.39, 0.29) is 54.1 Å². The number of aliphatic carboxylic acids is 2. The van der Waals surface area contributed by atoms with Crippen LogP contribution in [0.25, 0.3) is 0 Å². The Kier molecular flexibility index (Phi) is 19.9. The monoisotopic (exact) mass is 1060 g/mol. The Hall–Kier alpha value is -6.21. The number of carbonyl (C=O) groups excluding carboxylic acids is 4. The third-order valence-corrected chi connectivity index (χ3v) is 16.9. The predicted octanol–water partition coefficient (Wildman–Crippen LogP) is 3.27. The van der Waals surface area contributed by atoms with Gasteiger partial charge in [0, 0.05) is 42.1 Å². The smallest absolute Gasteiger partial charge is 0.328 e. The highest BCUT2D eigenvalue weighted by Gasteiger charge is 2.46. The molecule has 4 amide bonds. The lowest BCUT2D eigenvalue weighted by atomic mass is 10.0. The van der Waals surface area contributed by atoms with E-state index in [0.717, 1.165) is 15.4 Å². The summed E-state index contributed by atoms with van der Waals surface area (Å²) < 4.78 is 55.4. The van der Waals surface area contributed by atoms with Crippen molar-refractivity contribution in [2.75, 3.05) is 57.2 Å². The molecule has 0 radical (unpaired) electrons. The van der Waals surface area contributed by atoms with Crippen molar-refractivity contribution in [3.05, 3.63) is 119 Å². The molecular weight excluding hydrogens is 1000 g/mol. The summed E-state index contributed by atoms with van der Waals surface area (Å²) in [5, 5.41) is 32.7. The number of aryl methyl sites for hydroxylation is 2. The summed E-state index contributed by atoms with van der Waals surface area (Å²) in [7, 11) is -3.19. The van der Waals surface area contributed by atoms with Gasteiger partial charge in [-0.2, -0.15) is 4.31 Å². The molecule has 23 heteroatoms. The normalized spacial score (nSPS) is 17.4. The van der Waals surface area contributed by atoms with Gasteiger partial charge in [0.2, 0.25) is 27.7 Å². The second-order valence-corrected chi connectivity index (χ2v) is 23.5. The van der Waals surface area contributed by atoms with Gasteiger partial charge in [-0.05, 0) is 121 Å². The van der Waals surface area contributed by atoms with Gasteiger partial charge in [0.15, 0.2) is 0 Å². The van der Waals surface area contributed by atoms with E-state index in [4.69, 9.17) is 0 Å². The van der Waals surface area contributed by atoms with Gasteiger partial charge in [-0.3, -0.25) is 24.5 Å². The molecule has 73 heavy (non-hydrogen) atoms. The first kappa shape index (κ1) is 57.7. The van der Waals surface area contributed by atoms with Crippen LogP contribution in [0.15, 0.2) is 107 Å². The van der Waals surface area contributed by atoms with Gasteiger partial charge in [0.05, 0.1) is 22.9 Å². The number of sulfonamides is 2. The van der Waals surface area contributed by atoms with Gasteiger partial charge < -0.3 is 36.4 Å². The van der Waals surface area contributed by atoms with Crippen LogP contribution in [0.2, 0.25) is 0 Å². The number of hydrogen-bond acceptors (Lipinski definition) is 14. The van der Waals surface area contributed by atoms with Gasteiger partial charge in [-0.25, -0.2) is 30.7 Å². The van der Waals surface area contributed by atoms with E-state index in [1.165, 1.54) is 36.0 Å². The summed E-state index contributed by atoms with van der Waals surface area (Å²) in [5.41, 5.74) is 3.53. The molecule has 394 valence electrons. The first-order valence-electron chi connectivity index (χ1n) is 23.3. The molecule has 0 spiro atoms. The first-order chi connectivity index (χ1) is 34.3. The molecule has 0 saturated carbocycles. The van der Waals surface area contributed by atoms with E-state index in [1.54, 1.807) is 106 Å². The Morgan fingerprint density at radius 3 is 1.75 bits per heavy atom. The van der Waals surface area contributed by atoms with Crippen LogP contribution >= 0.6 is 11.8 Å². The summed E-state index contributed by atoms with van der Waals surface area (Å²) >= 11 is 1.24. The number of thioether (sulfide) groups is 1. The van der Waals surface area contributed by atoms with Crippen molar-refractivity contribution in [3.8, 4) is 0 Å². The highest BCUT2D eigenvalue weighted by Crippen LogP contribution is 2.32. The molecule has 0 aliphatic carbocycles. The summed E-state index contributed by atoms with van der Waals surface area (Å²) in [6.45, 7) is 7.96. The predicted molar refractivity (Wildman–Crippen MR) is 278 cm³/mol.